The number of ether oxygens (including phenoxy) is 2. The zero-order valence-corrected chi connectivity index (χ0v) is 16.1. The molecule has 0 atom stereocenters. The molecule has 4 rings (SSSR count). The van der Waals surface area contributed by atoms with Gasteiger partial charge in [-0.3, -0.25) is 4.72 Å². The van der Waals surface area contributed by atoms with E-state index in [0.29, 0.717) is 23.7 Å². The van der Waals surface area contributed by atoms with E-state index in [1.165, 1.54) is 23.3 Å². The van der Waals surface area contributed by atoms with Crippen molar-refractivity contribution in [2.75, 3.05) is 16.8 Å². The van der Waals surface area contributed by atoms with Crippen LogP contribution in [0.4, 0.5) is 11.4 Å². The summed E-state index contributed by atoms with van der Waals surface area (Å²) in [6.45, 7) is 2.88. The van der Waals surface area contributed by atoms with Crippen LogP contribution in [-0.4, -0.2) is 15.2 Å². The van der Waals surface area contributed by atoms with E-state index in [9.17, 15) is 8.42 Å². The number of hydrogen-bond donors (Lipinski definition) is 2. The number of sulfonamides is 1. The third kappa shape index (κ3) is 3.89. The first-order valence-corrected chi connectivity index (χ1v) is 10.3. The molecule has 0 fully saturated rings. The van der Waals surface area contributed by atoms with E-state index in [1.54, 1.807) is 18.2 Å². The molecule has 1 aliphatic rings. The van der Waals surface area contributed by atoms with Gasteiger partial charge in [0.1, 0.15) is 0 Å². The molecule has 144 valence electrons. The first kappa shape index (κ1) is 18.2. The summed E-state index contributed by atoms with van der Waals surface area (Å²) in [4.78, 5) is 0.124. The van der Waals surface area contributed by atoms with Crippen molar-refractivity contribution in [3.05, 3.63) is 77.9 Å². The van der Waals surface area contributed by atoms with Gasteiger partial charge in [-0.25, -0.2) is 8.42 Å². The van der Waals surface area contributed by atoms with E-state index in [2.05, 4.69) is 29.1 Å². The summed E-state index contributed by atoms with van der Waals surface area (Å²) in [5.74, 6) is 0.974. The molecule has 0 saturated heterocycles. The van der Waals surface area contributed by atoms with Crippen molar-refractivity contribution in [3.63, 3.8) is 0 Å². The van der Waals surface area contributed by atoms with Gasteiger partial charge in [-0.2, -0.15) is 0 Å². The Kier molecular flexibility index (Phi) is 4.83. The number of fused-ring (bicyclic) bond motifs is 1. The molecule has 2 N–H and O–H groups in total. The molecule has 1 heterocycles. The fraction of sp³-hybridized carbons (Fsp3) is 0.143. The van der Waals surface area contributed by atoms with Crippen LogP contribution in [0.5, 0.6) is 11.5 Å². The zero-order valence-electron chi connectivity index (χ0n) is 15.3. The lowest BCUT2D eigenvalue weighted by molar-refractivity contribution is 0.174. The van der Waals surface area contributed by atoms with E-state index in [0.717, 1.165) is 5.69 Å². The quantitative estimate of drug-likeness (QED) is 0.655. The number of rotatable bonds is 6. The molecule has 0 radical (unpaired) electrons. The highest BCUT2D eigenvalue weighted by atomic mass is 32.2. The number of aryl methyl sites for hydroxylation is 1. The maximum atomic E-state index is 12.6. The van der Waals surface area contributed by atoms with Gasteiger partial charge in [-0.05, 0) is 54.4 Å². The number of benzene rings is 3. The molecular weight excluding hydrogens is 376 g/mol. The van der Waals surface area contributed by atoms with Crippen LogP contribution in [0, 0.1) is 6.92 Å². The van der Waals surface area contributed by atoms with Gasteiger partial charge in [0.25, 0.3) is 10.0 Å². The van der Waals surface area contributed by atoms with E-state index in [4.69, 9.17) is 9.47 Å². The Labute approximate surface area is 164 Å². The normalized spacial score (nSPS) is 12.6. The average molecular weight is 396 g/mol. The summed E-state index contributed by atoms with van der Waals surface area (Å²) >= 11 is 0. The minimum atomic E-state index is -3.71. The van der Waals surface area contributed by atoms with E-state index in [1.807, 2.05) is 24.3 Å². The average Bonchev–Trinajstić information content (AvgIpc) is 3.16. The molecular formula is C21H20N2O4S. The third-order valence-electron chi connectivity index (χ3n) is 4.54. The maximum absolute atomic E-state index is 12.6. The van der Waals surface area contributed by atoms with Crippen molar-refractivity contribution in [3.8, 4) is 11.5 Å². The van der Waals surface area contributed by atoms with Crippen molar-refractivity contribution >= 4 is 21.4 Å². The second-order valence-electron chi connectivity index (χ2n) is 6.48. The molecule has 0 unspecified atom stereocenters. The summed E-state index contributed by atoms with van der Waals surface area (Å²) in [6, 6.07) is 19.9. The molecule has 3 aromatic carbocycles. The summed E-state index contributed by atoms with van der Waals surface area (Å²) in [5, 5.41) is 3.34. The van der Waals surface area contributed by atoms with Gasteiger partial charge in [0.2, 0.25) is 6.79 Å². The molecule has 0 bridgehead atoms. The van der Waals surface area contributed by atoms with E-state index >= 15 is 0 Å². The van der Waals surface area contributed by atoms with Gasteiger partial charge in [0, 0.05) is 24.0 Å². The largest absolute Gasteiger partial charge is 0.454 e. The summed E-state index contributed by atoms with van der Waals surface area (Å²) < 4.78 is 38.3. The molecule has 0 aliphatic carbocycles. The summed E-state index contributed by atoms with van der Waals surface area (Å²) in [5.41, 5.74) is 3.84. The van der Waals surface area contributed by atoms with Gasteiger partial charge in [0.15, 0.2) is 11.5 Å². The smallest absolute Gasteiger partial charge is 0.262 e. The molecule has 1 aliphatic heterocycles. The molecule has 0 spiro atoms. The number of hydrogen-bond acceptors (Lipinski definition) is 5. The van der Waals surface area contributed by atoms with Crippen molar-refractivity contribution in [1.29, 1.82) is 0 Å². The third-order valence-corrected chi connectivity index (χ3v) is 5.91. The first-order valence-electron chi connectivity index (χ1n) is 8.82. The van der Waals surface area contributed by atoms with E-state index < -0.39 is 10.0 Å². The lowest BCUT2D eigenvalue weighted by atomic mass is 10.1. The van der Waals surface area contributed by atoms with Crippen LogP contribution in [0.1, 0.15) is 11.1 Å². The van der Waals surface area contributed by atoms with Crippen LogP contribution in [0.25, 0.3) is 0 Å². The highest BCUT2D eigenvalue weighted by Gasteiger charge is 2.20. The fourth-order valence-corrected chi connectivity index (χ4v) is 3.99. The van der Waals surface area contributed by atoms with Crippen molar-refractivity contribution in [2.45, 2.75) is 18.4 Å². The summed E-state index contributed by atoms with van der Waals surface area (Å²) in [7, 11) is -3.71. The van der Waals surface area contributed by atoms with Crippen LogP contribution < -0.4 is 19.5 Å². The molecule has 3 aromatic rings. The van der Waals surface area contributed by atoms with Crippen LogP contribution in [0.3, 0.4) is 0 Å². The summed E-state index contributed by atoms with van der Waals surface area (Å²) in [6.07, 6.45) is 0. The lowest BCUT2D eigenvalue weighted by Crippen LogP contribution is -2.12. The van der Waals surface area contributed by atoms with Crippen LogP contribution in [0.2, 0.25) is 0 Å². The Balaban J connectivity index is 1.43. The highest BCUT2D eigenvalue weighted by molar-refractivity contribution is 7.92. The van der Waals surface area contributed by atoms with Crippen LogP contribution in [0.15, 0.2) is 71.6 Å². The predicted molar refractivity (Wildman–Crippen MR) is 108 cm³/mol. The Bertz CT molecular complexity index is 1100. The molecule has 7 heteroatoms. The Morgan fingerprint density at radius 1 is 0.893 bits per heavy atom. The Morgan fingerprint density at radius 3 is 2.39 bits per heavy atom. The second-order valence-corrected chi connectivity index (χ2v) is 8.16. The fourth-order valence-electron chi connectivity index (χ4n) is 2.92. The topological polar surface area (TPSA) is 76.7 Å². The second kappa shape index (κ2) is 7.44. The van der Waals surface area contributed by atoms with Gasteiger partial charge >= 0.3 is 0 Å². The molecule has 0 amide bonds. The minimum Gasteiger partial charge on any atom is -0.454 e. The highest BCUT2D eigenvalue weighted by Crippen LogP contribution is 2.34. The lowest BCUT2D eigenvalue weighted by Gasteiger charge is -2.11. The molecule has 0 saturated carbocycles. The maximum Gasteiger partial charge on any atom is 0.262 e. The number of nitrogens with one attached hydrogen (secondary N) is 2. The SMILES string of the molecule is Cc1ccccc1CNc1ccc(NS(=O)(=O)c2ccc3c(c2)OCO3)cc1. The van der Waals surface area contributed by atoms with Crippen LogP contribution >= 0.6 is 0 Å². The van der Waals surface area contributed by atoms with Gasteiger partial charge in [-0.15, -0.1) is 0 Å². The zero-order chi connectivity index (χ0) is 19.6. The Hall–Kier alpha value is -3.19. The monoisotopic (exact) mass is 396 g/mol. The van der Waals surface area contributed by atoms with E-state index in [-0.39, 0.29) is 11.7 Å². The van der Waals surface area contributed by atoms with Gasteiger partial charge in [-0.1, -0.05) is 24.3 Å². The Morgan fingerprint density at radius 2 is 1.61 bits per heavy atom. The molecule has 28 heavy (non-hydrogen) atoms. The van der Waals surface area contributed by atoms with Gasteiger partial charge < -0.3 is 14.8 Å². The van der Waals surface area contributed by atoms with Crippen molar-refractivity contribution < 1.29 is 17.9 Å². The first-order chi connectivity index (χ1) is 13.5. The predicted octanol–water partition coefficient (Wildman–Crippen LogP) is 4.14. The van der Waals surface area contributed by atoms with Crippen molar-refractivity contribution in [1.82, 2.24) is 0 Å². The van der Waals surface area contributed by atoms with Crippen molar-refractivity contribution in [2.24, 2.45) is 0 Å². The molecule has 6 nitrogen and oxygen atoms in total. The van der Waals surface area contributed by atoms with Gasteiger partial charge in [0.05, 0.1) is 4.90 Å². The van der Waals surface area contributed by atoms with Crippen LogP contribution in [-0.2, 0) is 16.6 Å². The number of anilines is 2. The standard InChI is InChI=1S/C21H20N2O4S/c1-15-4-2-3-5-16(15)13-22-17-6-8-18(9-7-17)23-28(24,25)19-10-11-20-21(12-19)27-14-26-20/h2-12,22-23H,13-14H2,1H3. The molecule has 0 aromatic heterocycles. The minimum absolute atomic E-state index is 0.100.